The number of alkyl halides is 3. The van der Waals surface area contributed by atoms with E-state index in [0.29, 0.717) is 5.56 Å². The molecule has 0 saturated carbocycles. The molecule has 1 heterocycles. The van der Waals surface area contributed by atoms with E-state index in [-0.39, 0.29) is 35.0 Å². The van der Waals surface area contributed by atoms with Gasteiger partial charge in [-0.25, -0.2) is 9.97 Å². The van der Waals surface area contributed by atoms with Gasteiger partial charge in [0.05, 0.1) is 16.8 Å². The third-order valence-corrected chi connectivity index (χ3v) is 4.05. The van der Waals surface area contributed by atoms with Crippen LogP contribution < -0.4 is 11.5 Å². The van der Waals surface area contributed by atoms with Crippen LogP contribution in [-0.2, 0) is 12.7 Å². The van der Waals surface area contributed by atoms with Gasteiger partial charge in [-0.05, 0) is 29.8 Å². The number of hydrogen-bond acceptors (Lipinski definition) is 6. The van der Waals surface area contributed by atoms with Gasteiger partial charge in [-0.15, -0.1) is 0 Å². The summed E-state index contributed by atoms with van der Waals surface area (Å²) >= 11 is 0. The van der Waals surface area contributed by atoms with Crippen molar-refractivity contribution in [1.82, 2.24) is 9.97 Å². The van der Waals surface area contributed by atoms with Crippen LogP contribution in [0.4, 0.5) is 19.0 Å². The molecule has 3 rings (SSSR count). The Morgan fingerprint density at radius 3 is 2.50 bits per heavy atom. The number of nitrogen functional groups attached to an aromatic ring is 1. The molecule has 142 valence electrons. The summed E-state index contributed by atoms with van der Waals surface area (Å²) in [6.07, 6.45) is -4.61. The predicted octanol–water partition coefficient (Wildman–Crippen LogP) is 3.45. The van der Waals surface area contributed by atoms with Crippen molar-refractivity contribution < 1.29 is 18.3 Å². The molecule has 0 amide bonds. The summed E-state index contributed by atoms with van der Waals surface area (Å²) in [7, 11) is 0. The van der Waals surface area contributed by atoms with Crippen molar-refractivity contribution in [3.8, 4) is 34.5 Å². The first-order chi connectivity index (χ1) is 13.2. The van der Waals surface area contributed by atoms with Crippen molar-refractivity contribution in [2.45, 2.75) is 12.7 Å². The Kier molecular flexibility index (Phi) is 4.90. The highest BCUT2D eigenvalue weighted by Gasteiger charge is 2.31. The zero-order valence-corrected chi connectivity index (χ0v) is 14.3. The van der Waals surface area contributed by atoms with Crippen molar-refractivity contribution in [1.29, 1.82) is 5.26 Å². The molecule has 28 heavy (non-hydrogen) atoms. The lowest BCUT2D eigenvalue weighted by Gasteiger charge is -2.13. The number of phenolic OH excluding ortho intramolecular Hbond substituents is 1. The number of aromatic nitrogens is 2. The van der Waals surface area contributed by atoms with Crippen LogP contribution in [-0.4, -0.2) is 15.1 Å². The van der Waals surface area contributed by atoms with Crippen molar-refractivity contribution in [3.05, 3.63) is 59.2 Å². The smallest absolute Gasteiger partial charge is 0.416 e. The lowest BCUT2D eigenvalue weighted by molar-refractivity contribution is -0.137. The van der Waals surface area contributed by atoms with Crippen LogP contribution in [0.3, 0.4) is 0 Å². The highest BCUT2D eigenvalue weighted by Crippen LogP contribution is 2.37. The third kappa shape index (κ3) is 3.58. The maximum absolute atomic E-state index is 13.0. The van der Waals surface area contributed by atoms with Gasteiger partial charge in [-0.3, -0.25) is 0 Å². The number of nitriles is 1. The molecule has 2 aromatic carbocycles. The first-order valence-electron chi connectivity index (χ1n) is 8.02. The Hall–Kier alpha value is -3.64. The zero-order chi connectivity index (χ0) is 20.5. The molecule has 0 unspecified atom stereocenters. The van der Waals surface area contributed by atoms with Crippen LogP contribution in [0.5, 0.6) is 5.75 Å². The van der Waals surface area contributed by atoms with E-state index < -0.39 is 17.5 Å². The van der Waals surface area contributed by atoms with Crippen LogP contribution in [0.2, 0.25) is 0 Å². The average molecular weight is 385 g/mol. The molecule has 0 fully saturated rings. The average Bonchev–Trinajstić information content (AvgIpc) is 2.66. The normalized spacial score (nSPS) is 11.2. The summed E-state index contributed by atoms with van der Waals surface area (Å²) in [5.74, 6) is -0.885. The van der Waals surface area contributed by atoms with Crippen LogP contribution in [0.25, 0.3) is 22.6 Å². The molecule has 1 aromatic heterocycles. The second-order valence-corrected chi connectivity index (χ2v) is 5.90. The number of halogens is 3. The summed E-state index contributed by atoms with van der Waals surface area (Å²) in [5.41, 5.74) is 11.6. The fraction of sp³-hybridized carbons (Fsp3) is 0.105. The molecule has 0 aliphatic heterocycles. The molecule has 0 aliphatic carbocycles. The van der Waals surface area contributed by atoms with E-state index in [0.717, 1.165) is 23.8 Å². The number of rotatable bonds is 3. The zero-order valence-electron chi connectivity index (χ0n) is 14.3. The second kappa shape index (κ2) is 7.17. The Morgan fingerprint density at radius 1 is 1.11 bits per heavy atom. The van der Waals surface area contributed by atoms with E-state index in [1.54, 1.807) is 24.3 Å². The minimum Gasteiger partial charge on any atom is -0.507 e. The van der Waals surface area contributed by atoms with E-state index in [9.17, 15) is 23.5 Å². The quantitative estimate of drug-likeness (QED) is 0.635. The van der Waals surface area contributed by atoms with Gasteiger partial charge < -0.3 is 16.6 Å². The fourth-order valence-corrected chi connectivity index (χ4v) is 2.65. The Bertz CT molecular complexity index is 1090. The summed E-state index contributed by atoms with van der Waals surface area (Å²) in [4.78, 5) is 8.14. The van der Waals surface area contributed by atoms with Crippen molar-refractivity contribution in [3.63, 3.8) is 0 Å². The summed E-state index contributed by atoms with van der Waals surface area (Å²) in [6, 6.07) is 11.1. The SMILES string of the molecule is N#Cc1c(N)nc(-c2cc(C(F)(F)F)ccc2O)nc1-c1cccc(CN)c1. The molecule has 9 heteroatoms. The number of nitrogens with zero attached hydrogens (tertiary/aromatic N) is 3. The lowest BCUT2D eigenvalue weighted by Crippen LogP contribution is -2.07. The lowest BCUT2D eigenvalue weighted by atomic mass is 10.0. The highest BCUT2D eigenvalue weighted by molar-refractivity contribution is 5.76. The molecule has 0 atom stereocenters. The van der Waals surface area contributed by atoms with Crippen LogP contribution in [0, 0.1) is 11.3 Å². The maximum Gasteiger partial charge on any atom is 0.416 e. The van der Waals surface area contributed by atoms with Crippen LogP contribution >= 0.6 is 0 Å². The summed E-state index contributed by atoms with van der Waals surface area (Å²) < 4.78 is 39.1. The third-order valence-electron chi connectivity index (χ3n) is 4.05. The topological polar surface area (TPSA) is 122 Å². The van der Waals surface area contributed by atoms with Gasteiger partial charge in [-0.1, -0.05) is 18.2 Å². The number of nitrogens with two attached hydrogens (primary N) is 2. The molecule has 5 N–H and O–H groups in total. The van der Waals surface area contributed by atoms with Gasteiger partial charge >= 0.3 is 6.18 Å². The number of aromatic hydroxyl groups is 1. The van der Waals surface area contributed by atoms with Gasteiger partial charge in [-0.2, -0.15) is 18.4 Å². The molecule has 0 aliphatic rings. The minimum absolute atomic E-state index is 0.0237. The van der Waals surface area contributed by atoms with Gasteiger partial charge in [0.25, 0.3) is 0 Å². The second-order valence-electron chi connectivity index (χ2n) is 5.90. The molecule has 6 nitrogen and oxygen atoms in total. The maximum atomic E-state index is 13.0. The van der Waals surface area contributed by atoms with E-state index in [4.69, 9.17) is 11.5 Å². The van der Waals surface area contributed by atoms with Crippen molar-refractivity contribution in [2.24, 2.45) is 5.73 Å². The first-order valence-corrected chi connectivity index (χ1v) is 8.02. The van der Waals surface area contributed by atoms with Crippen LogP contribution in [0.15, 0.2) is 42.5 Å². The van der Waals surface area contributed by atoms with E-state index in [1.807, 2.05) is 6.07 Å². The summed E-state index contributed by atoms with van der Waals surface area (Å²) in [6.45, 7) is 0.248. The van der Waals surface area contributed by atoms with Gasteiger partial charge in [0.15, 0.2) is 5.82 Å². The number of phenols is 1. The van der Waals surface area contributed by atoms with Gasteiger partial charge in [0.2, 0.25) is 0 Å². The standard InChI is InChI=1S/C19H14F3N5O/c20-19(21,22)12-4-5-15(28)13(7-12)18-26-16(14(9-24)17(25)27-18)11-3-1-2-10(6-11)8-23/h1-7,28H,8,23H2,(H2,25,26,27). The Morgan fingerprint density at radius 2 is 1.86 bits per heavy atom. The molecule has 0 bridgehead atoms. The first kappa shape index (κ1) is 19.1. The van der Waals surface area contributed by atoms with E-state index in [1.165, 1.54) is 0 Å². The number of hydrogen-bond donors (Lipinski definition) is 3. The molecule has 0 saturated heterocycles. The van der Waals surface area contributed by atoms with Crippen molar-refractivity contribution in [2.75, 3.05) is 5.73 Å². The predicted molar refractivity (Wildman–Crippen MR) is 96.6 cm³/mol. The fourth-order valence-electron chi connectivity index (χ4n) is 2.65. The highest BCUT2D eigenvalue weighted by atomic mass is 19.4. The van der Waals surface area contributed by atoms with Gasteiger partial charge in [0.1, 0.15) is 23.2 Å². The monoisotopic (exact) mass is 385 g/mol. The largest absolute Gasteiger partial charge is 0.507 e. The Balaban J connectivity index is 2.25. The Labute approximate surface area is 157 Å². The van der Waals surface area contributed by atoms with E-state index >= 15 is 0 Å². The van der Waals surface area contributed by atoms with Gasteiger partial charge in [0, 0.05) is 12.1 Å². The molecule has 0 spiro atoms. The molecular weight excluding hydrogens is 371 g/mol. The van der Waals surface area contributed by atoms with E-state index in [2.05, 4.69) is 9.97 Å². The van der Waals surface area contributed by atoms with Crippen LogP contribution in [0.1, 0.15) is 16.7 Å². The summed E-state index contributed by atoms with van der Waals surface area (Å²) in [5, 5.41) is 19.5. The minimum atomic E-state index is -4.61. The number of anilines is 1. The number of benzene rings is 2. The molecular formula is C19H14F3N5O. The molecule has 3 aromatic rings. The molecule has 0 radical (unpaired) electrons. The van der Waals surface area contributed by atoms with Crippen molar-refractivity contribution >= 4 is 5.82 Å².